The van der Waals surface area contributed by atoms with Crippen molar-refractivity contribution < 1.29 is 23.1 Å². The Bertz CT molecular complexity index is 1070. The fourth-order valence-corrected chi connectivity index (χ4v) is 7.98. The number of nitrogens with one attached hydrogen (secondary N) is 2. The third-order valence-electron chi connectivity index (χ3n) is 8.71. The Morgan fingerprint density at radius 2 is 2.09 bits per heavy atom. The number of ether oxygens (including phenoxy) is 1. The minimum absolute atomic E-state index is 0.00141. The summed E-state index contributed by atoms with van der Waals surface area (Å²) in [5, 5.41) is 15.2. The van der Waals surface area contributed by atoms with Gasteiger partial charge < -0.3 is 15.2 Å². The van der Waals surface area contributed by atoms with Crippen LogP contribution in [0.15, 0.2) is 12.1 Å². The van der Waals surface area contributed by atoms with Crippen molar-refractivity contribution in [1.82, 2.24) is 9.62 Å². The molecule has 2 aliphatic heterocycles. The maximum Gasteiger partial charge on any atom is 0.211 e. The predicted molar refractivity (Wildman–Crippen MR) is 119 cm³/mol. The minimum Gasteiger partial charge on any atom is -0.485 e. The molecule has 8 nitrogen and oxygen atoms in total. The number of rotatable bonds is 7. The molecule has 2 bridgehead atoms. The van der Waals surface area contributed by atoms with E-state index >= 15 is 0 Å². The second-order valence-electron chi connectivity index (χ2n) is 10.2. The fourth-order valence-electron chi connectivity index (χ4n) is 7.11. The lowest BCUT2D eigenvalue weighted by atomic mass is 9.48. The highest BCUT2D eigenvalue weighted by atomic mass is 32.2. The number of aliphatic hydroxyl groups is 1. The van der Waals surface area contributed by atoms with Gasteiger partial charge in [0, 0.05) is 18.2 Å². The van der Waals surface area contributed by atoms with Gasteiger partial charge in [-0.15, -0.1) is 0 Å². The van der Waals surface area contributed by atoms with E-state index in [1.807, 2.05) is 12.1 Å². The van der Waals surface area contributed by atoms with Crippen LogP contribution in [0.4, 0.5) is 5.69 Å². The molecular formula is C23H31N3O5S. The van der Waals surface area contributed by atoms with E-state index in [1.54, 1.807) is 6.92 Å². The summed E-state index contributed by atoms with van der Waals surface area (Å²) in [6.45, 7) is 3.51. The Morgan fingerprint density at radius 1 is 1.28 bits per heavy atom. The topological polar surface area (TPSA) is 108 Å². The number of amides is 1. The lowest BCUT2D eigenvalue weighted by Gasteiger charge is -2.64. The standard InChI is InChI=1S/C23H31N3O5S/c1-2-32(29,30)25-17-7-8-23(28)18-11-15-5-6-16(24-13-27)20-19(15)22(23,21(17)31-20)9-10-26(18)12-14-3-4-14/h5-6,13-14,17-18,21,25,28H,2-4,7-12H2,1H3,(H,24,27)/t17?,18-,21?,22+,23-/m1/s1. The molecule has 2 heterocycles. The largest absolute Gasteiger partial charge is 0.485 e. The molecule has 32 heavy (non-hydrogen) atoms. The molecule has 1 aromatic carbocycles. The van der Waals surface area contributed by atoms with E-state index in [0.29, 0.717) is 37.1 Å². The summed E-state index contributed by atoms with van der Waals surface area (Å²) in [6.07, 6.45) is 5.17. The number of benzene rings is 1. The molecule has 174 valence electrons. The first-order valence-corrected chi connectivity index (χ1v) is 13.5. The Kier molecular flexibility index (Phi) is 4.51. The molecule has 6 rings (SSSR count). The van der Waals surface area contributed by atoms with Gasteiger partial charge >= 0.3 is 0 Å². The van der Waals surface area contributed by atoms with Gasteiger partial charge in [0.05, 0.1) is 28.5 Å². The summed E-state index contributed by atoms with van der Waals surface area (Å²) in [7, 11) is -3.44. The summed E-state index contributed by atoms with van der Waals surface area (Å²) in [6, 6.07) is 3.49. The lowest BCUT2D eigenvalue weighted by molar-refractivity contribution is -0.190. The molecule has 5 atom stereocenters. The van der Waals surface area contributed by atoms with Crippen molar-refractivity contribution in [3.05, 3.63) is 23.3 Å². The zero-order valence-corrected chi connectivity index (χ0v) is 19.2. The van der Waals surface area contributed by atoms with Gasteiger partial charge in [0.1, 0.15) is 11.9 Å². The van der Waals surface area contributed by atoms with E-state index < -0.39 is 33.2 Å². The van der Waals surface area contributed by atoms with Crippen LogP contribution in [-0.4, -0.2) is 67.5 Å². The number of carbonyl (C=O) groups is 1. The molecule has 5 aliphatic rings. The molecule has 0 aromatic heterocycles. The first kappa shape index (κ1) is 20.9. The van der Waals surface area contributed by atoms with Crippen LogP contribution < -0.4 is 14.8 Å². The van der Waals surface area contributed by atoms with Gasteiger partial charge in [-0.2, -0.15) is 0 Å². The Balaban J connectivity index is 1.50. The van der Waals surface area contributed by atoms with E-state index in [2.05, 4.69) is 14.9 Å². The molecule has 1 aromatic rings. The maximum atomic E-state index is 12.5. The highest BCUT2D eigenvalue weighted by Crippen LogP contribution is 2.65. The van der Waals surface area contributed by atoms with Gasteiger partial charge in [-0.25, -0.2) is 13.1 Å². The molecule has 3 fully saturated rings. The minimum atomic E-state index is -3.44. The summed E-state index contributed by atoms with van der Waals surface area (Å²) < 4.78 is 34.4. The smallest absolute Gasteiger partial charge is 0.211 e. The average Bonchev–Trinajstić information content (AvgIpc) is 3.50. The summed E-state index contributed by atoms with van der Waals surface area (Å²) >= 11 is 0. The third kappa shape index (κ3) is 2.71. The molecule has 3 N–H and O–H groups in total. The van der Waals surface area contributed by atoms with Crippen molar-refractivity contribution in [3.8, 4) is 5.75 Å². The third-order valence-corrected chi connectivity index (χ3v) is 10.1. The molecule has 1 spiro atoms. The highest BCUT2D eigenvalue weighted by molar-refractivity contribution is 7.89. The van der Waals surface area contributed by atoms with E-state index in [-0.39, 0.29) is 11.8 Å². The number of nitrogens with zero attached hydrogens (tertiary/aromatic N) is 1. The van der Waals surface area contributed by atoms with E-state index in [1.165, 1.54) is 12.8 Å². The van der Waals surface area contributed by atoms with Gasteiger partial charge in [0.2, 0.25) is 16.4 Å². The van der Waals surface area contributed by atoms with Crippen molar-refractivity contribution >= 4 is 22.1 Å². The Labute approximate surface area is 188 Å². The summed E-state index contributed by atoms with van der Waals surface area (Å²) in [5.74, 6) is 1.34. The quantitative estimate of drug-likeness (QED) is 0.526. The molecule has 2 saturated carbocycles. The van der Waals surface area contributed by atoms with Gasteiger partial charge in [-0.3, -0.25) is 9.69 Å². The van der Waals surface area contributed by atoms with Crippen LogP contribution >= 0.6 is 0 Å². The van der Waals surface area contributed by atoms with Crippen molar-refractivity contribution in [2.24, 2.45) is 5.92 Å². The van der Waals surface area contributed by atoms with Crippen molar-refractivity contribution in [2.45, 2.75) is 74.7 Å². The maximum absolute atomic E-state index is 12.5. The van der Waals surface area contributed by atoms with Crippen LogP contribution in [0.3, 0.4) is 0 Å². The van der Waals surface area contributed by atoms with Crippen molar-refractivity contribution in [3.63, 3.8) is 0 Å². The highest BCUT2D eigenvalue weighted by Gasteiger charge is 2.73. The van der Waals surface area contributed by atoms with Crippen LogP contribution in [0.5, 0.6) is 5.75 Å². The van der Waals surface area contributed by atoms with E-state index in [4.69, 9.17) is 4.74 Å². The van der Waals surface area contributed by atoms with Crippen molar-refractivity contribution in [2.75, 3.05) is 24.2 Å². The number of sulfonamides is 1. The first-order chi connectivity index (χ1) is 15.3. The zero-order chi connectivity index (χ0) is 22.3. The summed E-state index contributed by atoms with van der Waals surface area (Å²) in [4.78, 5) is 13.7. The number of piperidine rings is 1. The molecule has 1 saturated heterocycles. The second kappa shape index (κ2) is 6.91. The number of carbonyl (C=O) groups excluding carboxylic acids is 1. The van der Waals surface area contributed by atoms with Crippen LogP contribution in [0.2, 0.25) is 0 Å². The SMILES string of the molecule is CCS(=O)(=O)NC1CC[C@@]2(O)[C@H]3Cc4ccc(NC=O)c5c4[C@@]2(CCN3CC2CC2)C1O5. The van der Waals surface area contributed by atoms with Gasteiger partial charge in [-0.1, -0.05) is 6.07 Å². The van der Waals surface area contributed by atoms with Crippen LogP contribution in [0, 0.1) is 5.92 Å². The van der Waals surface area contributed by atoms with Crippen LogP contribution in [-0.2, 0) is 26.7 Å². The molecular weight excluding hydrogens is 430 g/mol. The zero-order valence-electron chi connectivity index (χ0n) is 18.3. The second-order valence-corrected chi connectivity index (χ2v) is 12.3. The number of anilines is 1. The van der Waals surface area contributed by atoms with Crippen LogP contribution in [0.1, 0.15) is 50.2 Å². The number of likely N-dealkylation sites (tertiary alicyclic amines) is 1. The molecule has 0 radical (unpaired) electrons. The van der Waals surface area contributed by atoms with E-state index in [9.17, 15) is 18.3 Å². The van der Waals surface area contributed by atoms with Gasteiger partial charge in [-0.05, 0) is 69.5 Å². The summed E-state index contributed by atoms with van der Waals surface area (Å²) in [5.41, 5.74) is 1.05. The number of hydrogen-bond acceptors (Lipinski definition) is 6. The molecule has 3 aliphatic carbocycles. The lowest BCUT2D eigenvalue weighted by Crippen LogP contribution is -2.78. The van der Waals surface area contributed by atoms with Crippen LogP contribution in [0.25, 0.3) is 0 Å². The molecule has 2 unspecified atom stereocenters. The normalized spacial score (nSPS) is 37.5. The van der Waals surface area contributed by atoms with Gasteiger partial charge in [0.25, 0.3) is 0 Å². The number of hydrogen-bond donors (Lipinski definition) is 3. The Hall–Kier alpha value is -1.68. The predicted octanol–water partition coefficient (Wildman–Crippen LogP) is 1.13. The fraction of sp³-hybridized carbons (Fsp3) is 0.696. The van der Waals surface area contributed by atoms with E-state index in [0.717, 1.165) is 36.6 Å². The van der Waals surface area contributed by atoms with Gasteiger partial charge in [0.15, 0.2) is 0 Å². The molecule has 1 amide bonds. The first-order valence-electron chi connectivity index (χ1n) is 11.8. The monoisotopic (exact) mass is 461 g/mol. The average molecular weight is 462 g/mol. The Morgan fingerprint density at radius 3 is 2.81 bits per heavy atom. The molecule has 9 heteroatoms. The van der Waals surface area contributed by atoms with Crippen molar-refractivity contribution in [1.29, 1.82) is 0 Å².